The second kappa shape index (κ2) is 7.43. The Balaban J connectivity index is 1.96. The lowest BCUT2D eigenvalue weighted by Crippen LogP contribution is -2.50. The van der Waals surface area contributed by atoms with Crippen molar-refractivity contribution in [2.75, 3.05) is 25.6 Å². The summed E-state index contributed by atoms with van der Waals surface area (Å²) < 4.78 is 5.14. The van der Waals surface area contributed by atoms with Gasteiger partial charge in [0.25, 0.3) is 0 Å². The maximum atomic E-state index is 12.2. The first-order valence-electron chi connectivity index (χ1n) is 7.44. The number of rotatable bonds is 5. The molecule has 1 amide bonds. The topological polar surface area (TPSA) is 61.8 Å². The lowest BCUT2D eigenvalue weighted by molar-refractivity contribution is -0.119. The van der Waals surface area contributed by atoms with Crippen LogP contribution >= 0.6 is 0 Å². The first kappa shape index (κ1) is 15.8. The molecule has 0 saturated carbocycles. The SMILES string of the molecule is COc1cccc(NC(=O)CN2C(C)CCCC2CO)c1. The number of ether oxygens (including phenoxy) is 1. The van der Waals surface area contributed by atoms with Crippen LogP contribution in [0.4, 0.5) is 5.69 Å². The van der Waals surface area contributed by atoms with Gasteiger partial charge in [0, 0.05) is 23.8 Å². The summed E-state index contributed by atoms with van der Waals surface area (Å²) in [5.41, 5.74) is 0.726. The van der Waals surface area contributed by atoms with Gasteiger partial charge in [-0.3, -0.25) is 9.69 Å². The van der Waals surface area contributed by atoms with Gasteiger partial charge in [-0.15, -0.1) is 0 Å². The average molecular weight is 292 g/mol. The molecule has 0 radical (unpaired) electrons. The predicted molar refractivity (Wildman–Crippen MR) is 82.5 cm³/mol. The summed E-state index contributed by atoms with van der Waals surface area (Å²) in [6.07, 6.45) is 3.14. The number of hydrogen-bond acceptors (Lipinski definition) is 4. The van der Waals surface area contributed by atoms with Crippen LogP contribution in [0.15, 0.2) is 24.3 Å². The molecule has 1 aromatic rings. The predicted octanol–water partition coefficient (Wildman–Crippen LogP) is 1.87. The number of piperidine rings is 1. The van der Waals surface area contributed by atoms with Crippen molar-refractivity contribution in [1.82, 2.24) is 4.90 Å². The summed E-state index contributed by atoms with van der Waals surface area (Å²) in [6.45, 7) is 2.53. The fourth-order valence-corrected chi connectivity index (χ4v) is 2.89. The summed E-state index contributed by atoms with van der Waals surface area (Å²) in [5, 5.41) is 12.3. The Labute approximate surface area is 125 Å². The monoisotopic (exact) mass is 292 g/mol. The van der Waals surface area contributed by atoms with E-state index in [1.807, 2.05) is 18.2 Å². The number of aliphatic hydroxyl groups excluding tert-OH is 1. The Morgan fingerprint density at radius 3 is 3.00 bits per heavy atom. The number of carbonyl (C=O) groups is 1. The van der Waals surface area contributed by atoms with Crippen molar-refractivity contribution < 1.29 is 14.6 Å². The van der Waals surface area contributed by atoms with Crippen molar-refractivity contribution in [2.45, 2.75) is 38.3 Å². The molecule has 0 spiro atoms. The standard InChI is InChI=1S/C16H24N2O3/c1-12-5-3-7-14(11-19)18(12)10-16(20)17-13-6-4-8-15(9-13)21-2/h4,6,8-9,12,14,19H,3,5,7,10-11H2,1-2H3,(H,17,20). The van der Waals surface area contributed by atoms with E-state index in [1.165, 1.54) is 0 Å². The molecule has 5 nitrogen and oxygen atoms in total. The zero-order valence-electron chi connectivity index (χ0n) is 12.7. The number of nitrogens with zero attached hydrogens (tertiary/aromatic N) is 1. The first-order valence-corrected chi connectivity index (χ1v) is 7.44. The van der Waals surface area contributed by atoms with Gasteiger partial charge < -0.3 is 15.2 Å². The average Bonchev–Trinajstić information content (AvgIpc) is 2.49. The quantitative estimate of drug-likeness (QED) is 0.869. The van der Waals surface area contributed by atoms with E-state index in [0.29, 0.717) is 18.3 Å². The molecule has 1 aliphatic rings. The Kier molecular flexibility index (Phi) is 5.59. The molecule has 2 unspecified atom stereocenters. The molecule has 0 aliphatic carbocycles. The smallest absolute Gasteiger partial charge is 0.238 e. The van der Waals surface area contributed by atoms with Crippen LogP contribution in [0.25, 0.3) is 0 Å². The number of methoxy groups -OCH3 is 1. The fourth-order valence-electron chi connectivity index (χ4n) is 2.89. The summed E-state index contributed by atoms with van der Waals surface area (Å²) in [4.78, 5) is 14.3. The van der Waals surface area contributed by atoms with Crippen molar-refractivity contribution in [3.63, 3.8) is 0 Å². The number of hydrogen-bond donors (Lipinski definition) is 2. The highest BCUT2D eigenvalue weighted by atomic mass is 16.5. The van der Waals surface area contributed by atoms with Crippen molar-refractivity contribution in [1.29, 1.82) is 0 Å². The number of aliphatic hydroxyl groups is 1. The zero-order valence-corrected chi connectivity index (χ0v) is 12.7. The highest BCUT2D eigenvalue weighted by Gasteiger charge is 2.28. The summed E-state index contributed by atoms with van der Waals surface area (Å²) in [6, 6.07) is 7.72. The largest absolute Gasteiger partial charge is 0.497 e. The second-order valence-corrected chi connectivity index (χ2v) is 5.57. The number of benzene rings is 1. The molecule has 1 aliphatic heterocycles. The molecule has 2 atom stereocenters. The molecule has 1 heterocycles. The minimum atomic E-state index is -0.0598. The molecule has 21 heavy (non-hydrogen) atoms. The van der Waals surface area contributed by atoms with E-state index < -0.39 is 0 Å². The highest BCUT2D eigenvalue weighted by molar-refractivity contribution is 5.92. The third-order valence-electron chi connectivity index (χ3n) is 4.08. The van der Waals surface area contributed by atoms with Gasteiger partial charge in [0.15, 0.2) is 0 Å². The number of carbonyl (C=O) groups excluding carboxylic acids is 1. The normalized spacial score (nSPS) is 22.8. The van der Waals surface area contributed by atoms with E-state index in [9.17, 15) is 9.90 Å². The van der Waals surface area contributed by atoms with Crippen molar-refractivity contribution >= 4 is 11.6 Å². The fraction of sp³-hybridized carbons (Fsp3) is 0.562. The third-order valence-corrected chi connectivity index (χ3v) is 4.08. The minimum Gasteiger partial charge on any atom is -0.497 e. The van der Waals surface area contributed by atoms with Crippen LogP contribution in [-0.2, 0) is 4.79 Å². The molecular weight excluding hydrogens is 268 g/mol. The molecule has 116 valence electrons. The van der Waals surface area contributed by atoms with Crippen LogP contribution in [0.2, 0.25) is 0 Å². The van der Waals surface area contributed by atoms with Crippen LogP contribution in [0.1, 0.15) is 26.2 Å². The number of likely N-dealkylation sites (tertiary alicyclic amines) is 1. The van der Waals surface area contributed by atoms with Crippen LogP contribution < -0.4 is 10.1 Å². The molecule has 2 N–H and O–H groups in total. The third kappa shape index (κ3) is 4.19. The van der Waals surface area contributed by atoms with Gasteiger partial charge in [-0.2, -0.15) is 0 Å². The Morgan fingerprint density at radius 1 is 1.48 bits per heavy atom. The molecule has 5 heteroatoms. The van der Waals surface area contributed by atoms with Gasteiger partial charge in [-0.05, 0) is 31.9 Å². The minimum absolute atomic E-state index is 0.0598. The van der Waals surface area contributed by atoms with E-state index in [-0.39, 0.29) is 18.6 Å². The first-order chi connectivity index (χ1) is 10.1. The van der Waals surface area contributed by atoms with Gasteiger partial charge >= 0.3 is 0 Å². The van der Waals surface area contributed by atoms with Crippen LogP contribution in [0, 0.1) is 0 Å². The Morgan fingerprint density at radius 2 is 2.29 bits per heavy atom. The molecule has 1 fully saturated rings. The van der Waals surface area contributed by atoms with E-state index in [4.69, 9.17) is 4.74 Å². The maximum Gasteiger partial charge on any atom is 0.238 e. The summed E-state index contributed by atoms with van der Waals surface area (Å²) in [5.74, 6) is 0.655. The lowest BCUT2D eigenvalue weighted by atomic mass is 9.97. The second-order valence-electron chi connectivity index (χ2n) is 5.57. The van der Waals surface area contributed by atoms with E-state index in [1.54, 1.807) is 13.2 Å². The van der Waals surface area contributed by atoms with Gasteiger partial charge in [0.1, 0.15) is 5.75 Å². The molecule has 0 aromatic heterocycles. The van der Waals surface area contributed by atoms with Crippen LogP contribution in [-0.4, -0.2) is 48.3 Å². The zero-order chi connectivity index (χ0) is 15.2. The van der Waals surface area contributed by atoms with Crippen LogP contribution in [0.5, 0.6) is 5.75 Å². The van der Waals surface area contributed by atoms with Crippen molar-refractivity contribution in [2.24, 2.45) is 0 Å². The number of anilines is 1. The van der Waals surface area contributed by atoms with E-state index in [2.05, 4.69) is 17.1 Å². The Bertz CT molecular complexity index is 478. The Hall–Kier alpha value is -1.59. The lowest BCUT2D eigenvalue weighted by Gasteiger charge is -2.39. The highest BCUT2D eigenvalue weighted by Crippen LogP contribution is 2.22. The van der Waals surface area contributed by atoms with E-state index in [0.717, 1.165) is 24.9 Å². The molecule has 0 bridgehead atoms. The van der Waals surface area contributed by atoms with Gasteiger partial charge in [0.2, 0.25) is 5.91 Å². The van der Waals surface area contributed by atoms with Gasteiger partial charge in [0.05, 0.1) is 20.3 Å². The van der Waals surface area contributed by atoms with Gasteiger partial charge in [-0.1, -0.05) is 12.5 Å². The number of amides is 1. The van der Waals surface area contributed by atoms with E-state index >= 15 is 0 Å². The molecule has 1 aromatic carbocycles. The summed E-state index contributed by atoms with van der Waals surface area (Å²) in [7, 11) is 1.60. The molecular formula is C16H24N2O3. The maximum absolute atomic E-state index is 12.2. The van der Waals surface area contributed by atoms with Crippen molar-refractivity contribution in [3.8, 4) is 5.75 Å². The molecule has 2 rings (SSSR count). The van der Waals surface area contributed by atoms with Crippen LogP contribution in [0.3, 0.4) is 0 Å². The van der Waals surface area contributed by atoms with Gasteiger partial charge in [-0.25, -0.2) is 0 Å². The number of nitrogens with one attached hydrogen (secondary N) is 1. The summed E-state index contributed by atoms with van der Waals surface area (Å²) >= 11 is 0. The molecule has 1 saturated heterocycles. The van der Waals surface area contributed by atoms with Crippen molar-refractivity contribution in [3.05, 3.63) is 24.3 Å².